The highest BCUT2D eigenvalue weighted by molar-refractivity contribution is 5.78. The molecule has 1 aromatic heterocycles. The van der Waals surface area contributed by atoms with E-state index in [0.717, 1.165) is 50.1 Å². The van der Waals surface area contributed by atoms with E-state index in [0.29, 0.717) is 17.9 Å². The van der Waals surface area contributed by atoms with Gasteiger partial charge >= 0.3 is 0 Å². The Balaban J connectivity index is 1.29. The van der Waals surface area contributed by atoms with Crippen LogP contribution in [0.2, 0.25) is 0 Å². The number of rotatable bonds is 12. The Labute approximate surface area is 164 Å². The van der Waals surface area contributed by atoms with E-state index < -0.39 is 10.9 Å². The van der Waals surface area contributed by atoms with E-state index in [4.69, 9.17) is 4.74 Å². The average Bonchev–Trinajstić information content (AvgIpc) is 2.75. The molecule has 2 aromatic carbocycles. The Morgan fingerprint density at radius 1 is 0.786 bits per heavy atom. The molecule has 6 heteroatoms. The minimum atomic E-state index is -0.474. The largest absolute Gasteiger partial charge is 0.494 e. The van der Waals surface area contributed by atoms with Crippen molar-refractivity contribution in [3.05, 3.63) is 75.3 Å². The van der Waals surface area contributed by atoms with Gasteiger partial charge in [0.1, 0.15) is 17.1 Å². The van der Waals surface area contributed by atoms with Crippen molar-refractivity contribution < 1.29 is 4.74 Å². The third-order valence-electron chi connectivity index (χ3n) is 4.49. The predicted molar refractivity (Wildman–Crippen MR) is 112 cm³/mol. The summed E-state index contributed by atoms with van der Waals surface area (Å²) < 4.78 is 5.67. The lowest BCUT2D eigenvalue weighted by molar-refractivity contribution is 0.304. The van der Waals surface area contributed by atoms with E-state index in [1.165, 1.54) is 0 Å². The maximum absolute atomic E-state index is 11.8. The number of anilines is 3. The second kappa shape index (κ2) is 10.3. The molecule has 0 bridgehead atoms. The quantitative estimate of drug-likeness (QED) is 0.367. The van der Waals surface area contributed by atoms with E-state index in [1.54, 1.807) is 24.5 Å². The van der Waals surface area contributed by atoms with Crippen LogP contribution in [0.15, 0.2) is 64.4 Å². The number of hydrogen-bond donors (Lipinski definition) is 2. The van der Waals surface area contributed by atoms with Crippen LogP contribution in [0, 0.1) is 0 Å². The van der Waals surface area contributed by atoms with Gasteiger partial charge in [0.15, 0.2) is 0 Å². The molecule has 0 saturated heterocycles. The van der Waals surface area contributed by atoms with Gasteiger partial charge in [0.2, 0.25) is 0 Å². The molecule has 0 unspecified atom stereocenters. The summed E-state index contributed by atoms with van der Waals surface area (Å²) in [5.41, 5.74) is 0.544. The van der Waals surface area contributed by atoms with Gasteiger partial charge in [0.05, 0.1) is 6.61 Å². The first kappa shape index (κ1) is 19.6. The van der Waals surface area contributed by atoms with Gasteiger partial charge in [-0.25, -0.2) is 0 Å². The average molecular weight is 379 g/mol. The van der Waals surface area contributed by atoms with Crippen LogP contribution in [0.1, 0.15) is 32.1 Å². The minimum absolute atomic E-state index is 0.342. The van der Waals surface area contributed by atoms with Crippen molar-refractivity contribution in [2.75, 3.05) is 23.8 Å². The van der Waals surface area contributed by atoms with Gasteiger partial charge < -0.3 is 15.4 Å². The molecule has 2 N–H and O–H groups in total. The van der Waals surface area contributed by atoms with Gasteiger partial charge in [-0.2, -0.15) is 0 Å². The third kappa shape index (κ3) is 5.42. The molecule has 0 saturated carbocycles. The fraction of sp³-hybridized carbons (Fsp3) is 0.318. The van der Waals surface area contributed by atoms with E-state index in [-0.39, 0.29) is 0 Å². The Kier molecular flexibility index (Phi) is 7.18. The Morgan fingerprint density at radius 2 is 1.46 bits per heavy atom. The highest BCUT2D eigenvalue weighted by Gasteiger charge is 2.20. The van der Waals surface area contributed by atoms with Crippen LogP contribution in [0.4, 0.5) is 17.1 Å². The molecule has 3 rings (SSSR count). The van der Waals surface area contributed by atoms with Crippen molar-refractivity contribution in [1.82, 2.24) is 4.98 Å². The third-order valence-corrected chi connectivity index (χ3v) is 4.49. The normalized spacial score (nSPS) is 10.7. The molecule has 0 radical (unpaired) electrons. The maximum atomic E-state index is 11.8. The number of pyridine rings is 1. The van der Waals surface area contributed by atoms with Crippen LogP contribution < -0.4 is 26.2 Å². The van der Waals surface area contributed by atoms with Gasteiger partial charge in [0, 0.05) is 24.6 Å². The SMILES string of the molecule is O=c1c(NCCCCCCCOc2ccccc2)c(Nc2ccncc2)c1=O. The molecule has 0 fully saturated rings. The zero-order valence-electron chi connectivity index (χ0n) is 15.8. The molecule has 0 aliphatic carbocycles. The molecule has 0 aliphatic rings. The number of ether oxygens (including phenoxy) is 1. The lowest BCUT2D eigenvalue weighted by atomic mass is 10.1. The molecule has 0 spiro atoms. The van der Waals surface area contributed by atoms with Crippen molar-refractivity contribution in [1.29, 1.82) is 0 Å². The second-order valence-electron chi connectivity index (χ2n) is 6.63. The predicted octanol–water partition coefficient (Wildman–Crippen LogP) is 3.86. The van der Waals surface area contributed by atoms with Gasteiger partial charge in [-0.1, -0.05) is 37.5 Å². The monoisotopic (exact) mass is 379 g/mol. The van der Waals surface area contributed by atoms with Crippen LogP contribution in [0.3, 0.4) is 0 Å². The maximum Gasteiger partial charge on any atom is 0.253 e. The van der Waals surface area contributed by atoms with Crippen molar-refractivity contribution in [3.63, 3.8) is 0 Å². The van der Waals surface area contributed by atoms with Crippen molar-refractivity contribution in [3.8, 4) is 5.75 Å². The van der Waals surface area contributed by atoms with Crippen LogP contribution in [0.25, 0.3) is 0 Å². The molecule has 28 heavy (non-hydrogen) atoms. The molecule has 1 heterocycles. The summed E-state index contributed by atoms with van der Waals surface area (Å²) in [7, 11) is 0. The summed E-state index contributed by atoms with van der Waals surface area (Å²) in [6.45, 7) is 1.41. The molecule has 6 nitrogen and oxygen atoms in total. The van der Waals surface area contributed by atoms with Gasteiger partial charge in [-0.3, -0.25) is 14.6 Å². The summed E-state index contributed by atoms with van der Waals surface area (Å²) in [6, 6.07) is 13.3. The smallest absolute Gasteiger partial charge is 0.253 e. The number of benzene rings is 1. The molecule has 146 valence electrons. The minimum Gasteiger partial charge on any atom is -0.494 e. The molecule has 3 aromatic rings. The van der Waals surface area contributed by atoms with Crippen LogP contribution in [-0.4, -0.2) is 18.1 Å². The standard InChI is InChI=1S/C22H25N3O3/c26-21-19(20(22(21)27)25-17-11-14-23-15-12-17)24-13-7-2-1-3-8-16-28-18-9-5-4-6-10-18/h4-6,9-12,14-15,24H,1-3,7-8,13,16H2,(H,23,25). The van der Waals surface area contributed by atoms with Crippen LogP contribution in [-0.2, 0) is 0 Å². The van der Waals surface area contributed by atoms with Crippen LogP contribution in [0.5, 0.6) is 5.75 Å². The van der Waals surface area contributed by atoms with E-state index in [1.807, 2.05) is 30.3 Å². The molecule has 0 aliphatic heterocycles. The number of nitrogens with zero attached hydrogens (tertiary/aromatic N) is 1. The number of unbranched alkanes of at least 4 members (excludes halogenated alkanes) is 4. The lowest BCUT2D eigenvalue weighted by Crippen LogP contribution is -2.36. The fourth-order valence-electron chi connectivity index (χ4n) is 2.94. The van der Waals surface area contributed by atoms with Crippen molar-refractivity contribution in [2.45, 2.75) is 32.1 Å². The summed E-state index contributed by atoms with van der Waals surface area (Å²) in [5, 5.41) is 6.09. The Bertz CT molecular complexity index is 919. The van der Waals surface area contributed by atoms with Gasteiger partial charge in [-0.15, -0.1) is 0 Å². The fourth-order valence-corrected chi connectivity index (χ4v) is 2.94. The second-order valence-corrected chi connectivity index (χ2v) is 6.63. The number of nitrogens with one attached hydrogen (secondary N) is 2. The summed E-state index contributed by atoms with van der Waals surface area (Å²) >= 11 is 0. The van der Waals surface area contributed by atoms with Crippen molar-refractivity contribution in [2.24, 2.45) is 0 Å². The topological polar surface area (TPSA) is 80.3 Å². The number of aromatic nitrogens is 1. The summed E-state index contributed by atoms with van der Waals surface area (Å²) in [5.74, 6) is 0.913. The summed E-state index contributed by atoms with van der Waals surface area (Å²) in [4.78, 5) is 27.5. The lowest BCUT2D eigenvalue weighted by Gasteiger charge is -2.14. The zero-order chi connectivity index (χ0) is 19.6. The summed E-state index contributed by atoms with van der Waals surface area (Å²) in [6.07, 6.45) is 8.54. The number of para-hydroxylation sites is 1. The molecular weight excluding hydrogens is 354 g/mol. The Hall–Kier alpha value is -3.15. The van der Waals surface area contributed by atoms with E-state index in [2.05, 4.69) is 15.6 Å². The first-order chi connectivity index (χ1) is 13.8. The van der Waals surface area contributed by atoms with E-state index in [9.17, 15) is 9.59 Å². The number of hydrogen-bond acceptors (Lipinski definition) is 6. The first-order valence-corrected chi connectivity index (χ1v) is 9.68. The highest BCUT2D eigenvalue weighted by Crippen LogP contribution is 2.20. The molecule has 0 atom stereocenters. The van der Waals surface area contributed by atoms with Gasteiger partial charge in [0.25, 0.3) is 10.9 Å². The van der Waals surface area contributed by atoms with E-state index >= 15 is 0 Å². The van der Waals surface area contributed by atoms with Crippen LogP contribution >= 0.6 is 0 Å². The molecule has 0 amide bonds. The zero-order valence-corrected chi connectivity index (χ0v) is 15.8. The highest BCUT2D eigenvalue weighted by atomic mass is 16.5. The molecular formula is C22H25N3O3. The van der Waals surface area contributed by atoms with Crippen molar-refractivity contribution >= 4 is 17.1 Å². The Morgan fingerprint density at radius 3 is 2.25 bits per heavy atom. The first-order valence-electron chi connectivity index (χ1n) is 9.68. The van der Waals surface area contributed by atoms with Gasteiger partial charge in [-0.05, 0) is 37.1 Å².